The Morgan fingerprint density at radius 1 is 0.650 bits per heavy atom. The lowest BCUT2D eigenvalue weighted by Gasteiger charge is -2.44. The first-order chi connectivity index (χ1) is 18.7. The van der Waals surface area contributed by atoms with Crippen LogP contribution in [0.25, 0.3) is 0 Å². The summed E-state index contributed by atoms with van der Waals surface area (Å²) in [5.74, 6) is -1.48. The van der Waals surface area contributed by atoms with Crippen molar-refractivity contribution in [3.05, 3.63) is 71.8 Å². The molecular formula is C34H46O6. The van der Waals surface area contributed by atoms with Crippen LogP contribution in [0.4, 0.5) is 0 Å². The molecule has 2 aliphatic rings. The Bertz CT molecular complexity index is 1080. The summed E-state index contributed by atoms with van der Waals surface area (Å²) < 4.78 is 12.0. The minimum Gasteiger partial charge on any atom is -0.460 e. The third kappa shape index (κ3) is 6.13. The van der Waals surface area contributed by atoms with Crippen LogP contribution in [0.3, 0.4) is 0 Å². The lowest BCUT2D eigenvalue weighted by atomic mass is 9.70. The van der Waals surface area contributed by atoms with E-state index >= 15 is 0 Å². The average Bonchev–Trinajstić information content (AvgIpc) is 2.86. The van der Waals surface area contributed by atoms with Crippen molar-refractivity contribution in [3.8, 4) is 0 Å². The van der Waals surface area contributed by atoms with Gasteiger partial charge in [-0.3, -0.25) is 0 Å². The predicted octanol–water partition coefficient (Wildman–Crippen LogP) is 6.28. The molecule has 0 spiro atoms. The number of aliphatic hydroxyl groups is 2. The molecule has 6 atom stereocenters. The third-order valence-corrected chi connectivity index (χ3v) is 8.74. The van der Waals surface area contributed by atoms with Gasteiger partial charge in [0.1, 0.15) is 12.2 Å². The van der Waals surface area contributed by atoms with E-state index in [-0.39, 0.29) is 22.0 Å². The minimum atomic E-state index is -2.76. The van der Waals surface area contributed by atoms with E-state index in [2.05, 4.69) is 41.5 Å². The highest BCUT2D eigenvalue weighted by Gasteiger charge is 2.65. The fraction of sp³-hybridized carbons (Fsp3) is 0.588. The van der Waals surface area contributed by atoms with Crippen LogP contribution in [-0.2, 0) is 30.3 Å². The molecule has 0 radical (unpaired) electrons. The number of rotatable bonds is 7. The number of ether oxygens (including phenoxy) is 2. The second kappa shape index (κ2) is 11.3. The van der Waals surface area contributed by atoms with Gasteiger partial charge in [0.15, 0.2) is 0 Å². The van der Waals surface area contributed by atoms with E-state index < -0.39 is 35.3 Å². The molecule has 0 saturated heterocycles. The maximum absolute atomic E-state index is 14.2. The van der Waals surface area contributed by atoms with Crippen molar-refractivity contribution in [2.45, 2.75) is 103 Å². The number of hydrogen-bond acceptors (Lipinski definition) is 6. The van der Waals surface area contributed by atoms with Crippen LogP contribution in [0.5, 0.6) is 0 Å². The summed E-state index contributed by atoms with van der Waals surface area (Å²) in [7, 11) is 0. The Morgan fingerprint density at radius 2 is 0.975 bits per heavy atom. The first-order valence-electron chi connectivity index (χ1n) is 14.6. The van der Waals surface area contributed by atoms with Gasteiger partial charge in [0.05, 0.1) is 0 Å². The van der Waals surface area contributed by atoms with Gasteiger partial charge < -0.3 is 19.7 Å². The zero-order valence-corrected chi connectivity index (χ0v) is 24.9. The van der Waals surface area contributed by atoms with Gasteiger partial charge in [-0.2, -0.15) is 0 Å². The molecule has 2 saturated carbocycles. The molecule has 6 heteroatoms. The maximum atomic E-state index is 14.2. The van der Waals surface area contributed by atoms with Crippen LogP contribution in [0, 0.1) is 22.7 Å². The standard InChI is InChI=1S/C34H46O6/c1-23-17-27(21-31(3,4)19-23)39-29(35)33(37,25-13-9-7-10-14-25)34(38,26-15-11-8-12-16-26)30(36)40-28-18-24(2)20-32(5,6)22-28/h7-16,23-24,27-28,37-38H,17-22H2,1-6H3. The van der Waals surface area contributed by atoms with E-state index in [1.165, 1.54) is 24.3 Å². The van der Waals surface area contributed by atoms with Crippen molar-refractivity contribution < 1.29 is 29.3 Å². The number of benzene rings is 2. The van der Waals surface area contributed by atoms with Gasteiger partial charge in [0.25, 0.3) is 0 Å². The van der Waals surface area contributed by atoms with Crippen molar-refractivity contribution in [2.24, 2.45) is 22.7 Å². The summed E-state index contributed by atoms with van der Waals surface area (Å²) >= 11 is 0. The van der Waals surface area contributed by atoms with E-state index in [1.54, 1.807) is 36.4 Å². The molecule has 2 aliphatic carbocycles. The number of carbonyl (C=O) groups excluding carboxylic acids is 2. The highest BCUT2D eigenvalue weighted by atomic mass is 16.6. The van der Waals surface area contributed by atoms with Crippen LogP contribution < -0.4 is 0 Å². The van der Waals surface area contributed by atoms with Crippen LogP contribution in [0.1, 0.15) is 91.2 Å². The normalized spacial score (nSPS) is 28.9. The molecule has 2 aromatic rings. The number of hydrogen-bond donors (Lipinski definition) is 2. The van der Waals surface area contributed by atoms with E-state index in [0.29, 0.717) is 37.5 Å². The van der Waals surface area contributed by atoms with Gasteiger partial charge in [0, 0.05) is 0 Å². The molecule has 0 heterocycles. The fourth-order valence-electron chi connectivity index (χ4n) is 7.48. The Labute approximate surface area is 239 Å². The lowest BCUT2D eigenvalue weighted by molar-refractivity contribution is -0.228. The first-order valence-corrected chi connectivity index (χ1v) is 14.6. The number of carbonyl (C=O) groups is 2. The van der Waals surface area contributed by atoms with Crippen molar-refractivity contribution in [2.75, 3.05) is 0 Å². The minimum absolute atomic E-state index is 0.0490. The maximum Gasteiger partial charge on any atom is 0.347 e. The molecule has 218 valence electrons. The molecule has 2 aromatic carbocycles. The summed E-state index contributed by atoms with van der Waals surface area (Å²) in [6.07, 6.45) is 3.61. The van der Waals surface area contributed by atoms with E-state index in [9.17, 15) is 19.8 Å². The van der Waals surface area contributed by atoms with Crippen molar-refractivity contribution >= 4 is 11.9 Å². The summed E-state index contributed by atoms with van der Waals surface area (Å²) in [6.45, 7) is 12.8. The monoisotopic (exact) mass is 550 g/mol. The van der Waals surface area contributed by atoms with Gasteiger partial charge in [-0.25, -0.2) is 9.59 Å². The zero-order valence-electron chi connectivity index (χ0n) is 24.9. The fourth-order valence-corrected chi connectivity index (χ4v) is 7.48. The molecule has 0 bridgehead atoms. The smallest absolute Gasteiger partial charge is 0.347 e. The quantitative estimate of drug-likeness (QED) is 0.394. The topological polar surface area (TPSA) is 93.1 Å². The van der Waals surface area contributed by atoms with Gasteiger partial charge in [-0.05, 0) is 72.3 Å². The van der Waals surface area contributed by atoms with Gasteiger partial charge in [-0.1, -0.05) is 102 Å². The summed E-state index contributed by atoms with van der Waals surface area (Å²) in [6, 6.07) is 16.2. The largest absolute Gasteiger partial charge is 0.460 e. The van der Waals surface area contributed by atoms with Crippen molar-refractivity contribution in [1.29, 1.82) is 0 Å². The second-order valence-electron chi connectivity index (χ2n) is 14.0. The van der Waals surface area contributed by atoms with Gasteiger partial charge >= 0.3 is 11.9 Å². The SMILES string of the molecule is CC1CC(OC(=O)C(O)(c2ccccc2)C(O)(C(=O)OC2CC(C)CC(C)(C)C2)c2ccccc2)CC(C)(C)C1. The predicted molar refractivity (Wildman–Crippen MR) is 154 cm³/mol. The van der Waals surface area contributed by atoms with E-state index in [1.807, 2.05) is 0 Å². The summed E-state index contributed by atoms with van der Waals surface area (Å²) in [5.41, 5.74) is -5.49. The van der Waals surface area contributed by atoms with Gasteiger partial charge in [-0.15, -0.1) is 0 Å². The molecule has 6 nitrogen and oxygen atoms in total. The van der Waals surface area contributed by atoms with Crippen molar-refractivity contribution in [3.63, 3.8) is 0 Å². The molecule has 2 fully saturated rings. The third-order valence-electron chi connectivity index (χ3n) is 8.74. The Kier molecular flexibility index (Phi) is 8.54. The molecule has 6 unspecified atom stereocenters. The average molecular weight is 551 g/mol. The highest BCUT2D eigenvalue weighted by molar-refractivity contribution is 5.94. The van der Waals surface area contributed by atoms with Crippen LogP contribution >= 0.6 is 0 Å². The Morgan fingerprint density at radius 3 is 1.27 bits per heavy atom. The summed E-state index contributed by atoms with van der Waals surface area (Å²) in [5, 5.41) is 25.0. The first kappa shape index (κ1) is 30.3. The molecule has 0 aromatic heterocycles. The van der Waals surface area contributed by atoms with Crippen LogP contribution in [0.2, 0.25) is 0 Å². The van der Waals surface area contributed by atoms with Crippen molar-refractivity contribution in [1.82, 2.24) is 0 Å². The summed E-state index contributed by atoms with van der Waals surface area (Å²) in [4.78, 5) is 28.4. The molecule has 0 amide bonds. The Balaban J connectivity index is 1.79. The van der Waals surface area contributed by atoms with E-state index in [0.717, 1.165) is 12.8 Å². The van der Waals surface area contributed by atoms with Crippen LogP contribution in [-0.4, -0.2) is 34.4 Å². The van der Waals surface area contributed by atoms with Gasteiger partial charge in [0.2, 0.25) is 11.2 Å². The molecule has 2 N–H and O–H groups in total. The molecule has 40 heavy (non-hydrogen) atoms. The van der Waals surface area contributed by atoms with Crippen LogP contribution in [0.15, 0.2) is 60.7 Å². The number of esters is 2. The Hall–Kier alpha value is -2.70. The molecular weight excluding hydrogens is 504 g/mol. The van der Waals surface area contributed by atoms with E-state index in [4.69, 9.17) is 9.47 Å². The lowest BCUT2D eigenvalue weighted by Crippen LogP contribution is -2.61. The zero-order chi connectivity index (χ0) is 29.3. The molecule has 4 rings (SSSR count). The molecule has 0 aliphatic heterocycles. The highest BCUT2D eigenvalue weighted by Crippen LogP contribution is 2.47. The second-order valence-corrected chi connectivity index (χ2v) is 14.0.